The number of unbranched alkanes of at least 4 members (excludes halogenated alkanes) is 1. The zero-order valence-electron chi connectivity index (χ0n) is 14.9. The van der Waals surface area contributed by atoms with Gasteiger partial charge in [0.25, 0.3) is 0 Å². The maximum atomic E-state index is 12.3. The van der Waals surface area contributed by atoms with E-state index >= 15 is 0 Å². The summed E-state index contributed by atoms with van der Waals surface area (Å²) in [6.07, 6.45) is 5.61. The van der Waals surface area contributed by atoms with Gasteiger partial charge in [0.1, 0.15) is 11.3 Å². The Morgan fingerprint density at radius 2 is 1.84 bits per heavy atom. The Labute approximate surface area is 163 Å². The molecule has 1 aromatic carbocycles. The number of rotatable bonds is 10. The van der Waals surface area contributed by atoms with Crippen molar-refractivity contribution in [3.05, 3.63) is 35.4 Å². The summed E-state index contributed by atoms with van der Waals surface area (Å²) in [5.41, 5.74) is 0.567. The number of carbonyl (C=O) groups excluding carboxylic acids is 2. The number of halogens is 1. The molecule has 0 saturated carbocycles. The monoisotopic (exact) mass is 460 g/mol. The Bertz CT molecular complexity index is 580. The fourth-order valence-corrected chi connectivity index (χ4v) is 2.52. The summed E-state index contributed by atoms with van der Waals surface area (Å²) >= 11 is 1.47. The van der Waals surface area contributed by atoms with E-state index in [2.05, 4.69) is 16.9 Å². The largest absolute Gasteiger partial charge is 0.497 e. The summed E-state index contributed by atoms with van der Waals surface area (Å²) < 4.78 is 15.1. The molecule has 138 valence electrons. The van der Waals surface area contributed by atoms with Gasteiger partial charge in [-0.15, -0.1) is 0 Å². The third kappa shape index (κ3) is 7.46. The van der Waals surface area contributed by atoms with E-state index in [0.29, 0.717) is 23.8 Å². The lowest BCUT2D eigenvalue weighted by Crippen LogP contribution is -2.19. The second-order valence-electron chi connectivity index (χ2n) is 5.71. The van der Waals surface area contributed by atoms with Crippen molar-refractivity contribution in [2.45, 2.75) is 39.5 Å². The molecule has 0 N–H and O–H groups in total. The molecule has 1 aromatic rings. The van der Waals surface area contributed by atoms with Gasteiger partial charge in [-0.05, 0) is 36.1 Å². The van der Waals surface area contributed by atoms with Crippen LogP contribution >= 0.6 is 23.0 Å². The molecule has 0 aromatic heterocycles. The molecule has 0 heterocycles. The van der Waals surface area contributed by atoms with E-state index in [1.165, 1.54) is 29.1 Å². The number of benzene rings is 1. The minimum Gasteiger partial charge on any atom is -0.497 e. The molecule has 6 heteroatoms. The topological polar surface area (TPSA) is 61.8 Å². The fourth-order valence-electron chi connectivity index (χ4n) is 2.28. The van der Waals surface area contributed by atoms with Crippen molar-refractivity contribution in [1.29, 1.82) is 0 Å². The van der Waals surface area contributed by atoms with Crippen LogP contribution in [0.3, 0.4) is 0 Å². The Morgan fingerprint density at radius 1 is 1.16 bits per heavy atom. The van der Waals surface area contributed by atoms with Gasteiger partial charge in [-0.1, -0.05) is 45.2 Å². The Hall–Kier alpha value is -1.57. The molecule has 0 aliphatic carbocycles. The van der Waals surface area contributed by atoms with Gasteiger partial charge in [-0.25, -0.2) is 9.59 Å². The molecule has 1 rings (SSSR count). The molecule has 25 heavy (non-hydrogen) atoms. The Kier molecular flexibility index (Phi) is 10.2. The smallest absolute Gasteiger partial charge is 0.355 e. The van der Waals surface area contributed by atoms with Gasteiger partial charge in [0.15, 0.2) is 23.0 Å². The number of hydrogen-bond donors (Lipinski definition) is 0. The normalized spacial score (nSPS) is 12.4. The Morgan fingerprint density at radius 3 is 2.36 bits per heavy atom. The molecule has 0 saturated heterocycles. The van der Waals surface area contributed by atoms with Crippen molar-refractivity contribution in [3.63, 3.8) is 0 Å². The van der Waals surface area contributed by atoms with E-state index in [1.54, 1.807) is 31.4 Å². The van der Waals surface area contributed by atoms with E-state index in [9.17, 15) is 9.59 Å². The second-order valence-corrected chi connectivity index (χ2v) is 6.15. The van der Waals surface area contributed by atoms with Crippen LogP contribution in [0.2, 0.25) is 0 Å². The molecule has 0 aliphatic heterocycles. The van der Waals surface area contributed by atoms with Crippen molar-refractivity contribution >= 4 is 41.0 Å². The molecular formula is C19H25IO5. The zero-order valence-corrected chi connectivity index (χ0v) is 17.1. The van der Waals surface area contributed by atoms with E-state index in [-0.39, 0.29) is 5.57 Å². The predicted molar refractivity (Wildman–Crippen MR) is 105 cm³/mol. The lowest BCUT2D eigenvalue weighted by Gasteiger charge is -2.15. The number of ether oxygens (including phenoxy) is 2. The summed E-state index contributed by atoms with van der Waals surface area (Å²) in [6, 6.07) is 7.01. The van der Waals surface area contributed by atoms with Gasteiger partial charge in [0.05, 0.1) is 13.7 Å². The van der Waals surface area contributed by atoms with E-state index in [0.717, 1.165) is 25.7 Å². The van der Waals surface area contributed by atoms with E-state index in [4.69, 9.17) is 9.47 Å². The van der Waals surface area contributed by atoms with Crippen molar-refractivity contribution in [3.8, 4) is 5.75 Å². The van der Waals surface area contributed by atoms with E-state index in [1.807, 2.05) is 0 Å². The van der Waals surface area contributed by atoms with Gasteiger partial charge in [-0.3, -0.25) is 0 Å². The minimum atomic E-state index is -0.719. The second kappa shape index (κ2) is 11.9. The van der Waals surface area contributed by atoms with Crippen molar-refractivity contribution in [2.24, 2.45) is 5.92 Å². The van der Waals surface area contributed by atoms with Crippen LogP contribution in [0, 0.1) is 5.92 Å². The van der Waals surface area contributed by atoms with Gasteiger partial charge in [0, 0.05) is 0 Å². The van der Waals surface area contributed by atoms with Crippen LogP contribution in [-0.2, 0) is 17.4 Å². The van der Waals surface area contributed by atoms with Crippen LogP contribution in [0.15, 0.2) is 29.8 Å². The van der Waals surface area contributed by atoms with Crippen LogP contribution in [0.1, 0.15) is 45.1 Å². The molecule has 1 unspecified atom stereocenters. The minimum absolute atomic E-state index is 0.120. The molecule has 0 amide bonds. The summed E-state index contributed by atoms with van der Waals surface area (Å²) in [4.78, 5) is 24.3. The van der Waals surface area contributed by atoms with Crippen LogP contribution in [0.4, 0.5) is 0 Å². The number of carbonyl (C=O) groups is 2. The molecular weight excluding hydrogens is 435 g/mol. The standard InChI is InChI=1S/C19H25IO5/c1-4-6-7-14(5-2)13-24-18(21)17(19(22)25-20)12-15-8-10-16(23-3)11-9-15/h8-12,14H,4-7,13H2,1-3H3. The molecule has 1 atom stereocenters. The Balaban J connectivity index is 2.84. The summed E-state index contributed by atoms with van der Waals surface area (Å²) in [5, 5.41) is 0. The molecule has 0 spiro atoms. The van der Waals surface area contributed by atoms with Crippen LogP contribution in [0.25, 0.3) is 6.08 Å². The number of esters is 1. The van der Waals surface area contributed by atoms with Crippen LogP contribution in [0.5, 0.6) is 5.75 Å². The quantitative estimate of drug-likeness (QED) is 0.166. The van der Waals surface area contributed by atoms with Crippen molar-refractivity contribution in [1.82, 2.24) is 0 Å². The third-order valence-corrected chi connectivity index (χ3v) is 4.33. The van der Waals surface area contributed by atoms with Crippen LogP contribution < -0.4 is 4.74 Å². The highest BCUT2D eigenvalue weighted by atomic mass is 127. The highest BCUT2D eigenvalue weighted by Crippen LogP contribution is 2.18. The average molecular weight is 460 g/mol. The zero-order chi connectivity index (χ0) is 18.7. The first-order valence-corrected chi connectivity index (χ1v) is 9.29. The maximum Gasteiger partial charge on any atom is 0.355 e. The molecule has 0 radical (unpaired) electrons. The van der Waals surface area contributed by atoms with Gasteiger partial charge in [0.2, 0.25) is 0 Å². The summed E-state index contributed by atoms with van der Waals surface area (Å²) in [5.74, 6) is -0.378. The SMILES string of the molecule is CCCCC(CC)COC(=O)C(=Cc1ccc(OC)cc1)C(=O)OI. The fraction of sp³-hybridized carbons (Fsp3) is 0.474. The molecule has 0 aliphatic rings. The first-order chi connectivity index (χ1) is 12.0. The summed E-state index contributed by atoms with van der Waals surface area (Å²) in [7, 11) is 1.57. The van der Waals surface area contributed by atoms with E-state index < -0.39 is 11.9 Å². The molecule has 0 bridgehead atoms. The third-order valence-electron chi connectivity index (χ3n) is 3.93. The van der Waals surface area contributed by atoms with Gasteiger partial charge in [-0.2, -0.15) is 0 Å². The maximum absolute atomic E-state index is 12.3. The molecule has 0 fully saturated rings. The first kappa shape index (κ1) is 21.5. The first-order valence-electron chi connectivity index (χ1n) is 8.41. The van der Waals surface area contributed by atoms with Gasteiger partial charge >= 0.3 is 11.9 Å². The van der Waals surface area contributed by atoms with Gasteiger partial charge < -0.3 is 12.5 Å². The lowest BCUT2D eigenvalue weighted by molar-refractivity contribution is -0.143. The van der Waals surface area contributed by atoms with Crippen LogP contribution in [-0.4, -0.2) is 25.7 Å². The highest BCUT2D eigenvalue weighted by molar-refractivity contribution is 14.1. The number of methoxy groups -OCH3 is 1. The highest BCUT2D eigenvalue weighted by Gasteiger charge is 2.22. The predicted octanol–water partition coefficient (Wildman–Crippen LogP) is 4.73. The van der Waals surface area contributed by atoms with Crippen molar-refractivity contribution in [2.75, 3.05) is 13.7 Å². The summed E-state index contributed by atoms with van der Waals surface area (Å²) in [6.45, 7) is 4.51. The number of hydrogen-bond acceptors (Lipinski definition) is 5. The average Bonchev–Trinajstić information content (AvgIpc) is 2.65. The lowest BCUT2D eigenvalue weighted by atomic mass is 10.0. The van der Waals surface area contributed by atoms with Crippen molar-refractivity contribution < 1.29 is 22.1 Å². The molecule has 5 nitrogen and oxygen atoms in total.